The number of benzene rings is 2. The standard InChI is InChI=1S/C19H19NO4S/c1-14-8-10-17(11-9-14)25(21,22)20-19(18-7-4-12-24-18)15-5-3-6-16(13-15)23-2/h3-13,19-20H,1-2H3/t19-/m0/s1. The van der Waals surface area contributed by atoms with Crippen LogP contribution in [0.15, 0.2) is 76.2 Å². The number of ether oxygens (including phenoxy) is 1. The fourth-order valence-corrected chi connectivity index (χ4v) is 3.70. The zero-order chi connectivity index (χ0) is 17.9. The maximum Gasteiger partial charge on any atom is 0.241 e. The summed E-state index contributed by atoms with van der Waals surface area (Å²) >= 11 is 0. The first-order valence-corrected chi connectivity index (χ1v) is 9.24. The van der Waals surface area contributed by atoms with Crippen LogP contribution in [-0.4, -0.2) is 15.5 Å². The van der Waals surface area contributed by atoms with Crippen LogP contribution in [0.2, 0.25) is 0 Å². The molecule has 0 aliphatic heterocycles. The molecule has 0 saturated carbocycles. The first-order chi connectivity index (χ1) is 12.0. The number of hydrogen-bond donors (Lipinski definition) is 1. The van der Waals surface area contributed by atoms with E-state index in [9.17, 15) is 8.42 Å². The SMILES string of the molecule is COc1cccc([C@H](NS(=O)(=O)c2ccc(C)cc2)c2ccco2)c1. The van der Waals surface area contributed by atoms with Crippen molar-refractivity contribution in [2.24, 2.45) is 0 Å². The van der Waals surface area contributed by atoms with E-state index in [1.165, 1.54) is 6.26 Å². The lowest BCUT2D eigenvalue weighted by Gasteiger charge is -2.18. The third-order valence-electron chi connectivity index (χ3n) is 3.86. The predicted molar refractivity (Wildman–Crippen MR) is 95.0 cm³/mol. The minimum atomic E-state index is -3.72. The van der Waals surface area contributed by atoms with Crippen molar-refractivity contribution in [1.82, 2.24) is 4.72 Å². The average Bonchev–Trinajstić information content (AvgIpc) is 3.14. The van der Waals surface area contributed by atoms with Gasteiger partial charge < -0.3 is 9.15 Å². The van der Waals surface area contributed by atoms with E-state index in [1.54, 1.807) is 55.6 Å². The third-order valence-corrected chi connectivity index (χ3v) is 5.30. The molecule has 0 fully saturated rings. The Balaban J connectivity index is 1.99. The van der Waals surface area contributed by atoms with Crippen LogP contribution in [0.5, 0.6) is 5.75 Å². The molecule has 0 unspecified atom stereocenters. The number of furan rings is 1. The Kier molecular flexibility index (Phi) is 4.92. The van der Waals surface area contributed by atoms with Crippen molar-refractivity contribution in [1.29, 1.82) is 0 Å². The van der Waals surface area contributed by atoms with Crippen LogP contribution in [0.4, 0.5) is 0 Å². The Morgan fingerprint density at radius 3 is 2.44 bits per heavy atom. The highest BCUT2D eigenvalue weighted by molar-refractivity contribution is 7.89. The highest BCUT2D eigenvalue weighted by Gasteiger charge is 2.25. The largest absolute Gasteiger partial charge is 0.497 e. The quantitative estimate of drug-likeness (QED) is 0.731. The summed E-state index contributed by atoms with van der Waals surface area (Å²) in [5.74, 6) is 1.15. The van der Waals surface area contributed by atoms with Crippen LogP contribution < -0.4 is 9.46 Å². The van der Waals surface area contributed by atoms with Crippen molar-refractivity contribution < 1.29 is 17.6 Å². The molecule has 0 saturated heterocycles. The van der Waals surface area contributed by atoms with Crippen molar-refractivity contribution in [3.63, 3.8) is 0 Å². The van der Waals surface area contributed by atoms with Gasteiger partial charge in [0.1, 0.15) is 17.6 Å². The molecular formula is C19H19NO4S. The van der Waals surface area contributed by atoms with Gasteiger partial charge in [0.25, 0.3) is 0 Å². The topological polar surface area (TPSA) is 68.5 Å². The van der Waals surface area contributed by atoms with Gasteiger partial charge in [-0.15, -0.1) is 0 Å². The van der Waals surface area contributed by atoms with E-state index in [4.69, 9.17) is 9.15 Å². The second-order valence-electron chi connectivity index (χ2n) is 5.66. The summed E-state index contributed by atoms with van der Waals surface area (Å²) < 4.78 is 39.0. The first kappa shape index (κ1) is 17.3. The Hall–Kier alpha value is -2.57. The average molecular weight is 357 g/mol. The molecule has 0 bridgehead atoms. The fourth-order valence-electron chi connectivity index (χ4n) is 2.51. The van der Waals surface area contributed by atoms with Gasteiger partial charge in [-0.25, -0.2) is 8.42 Å². The summed E-state index contributed by atoms with van der Waals surface area (Å²) in [4.78, 5) is 0.206. The zero-order valence-electron chi connectivity index (χ0n) is 14.0. The van der Waals surface area contributed by atoms with Gasteiger partial charge in [-0.05, 0) is 48.9 Å². The van der Waals surface area contributed by atoms with Crippen LogP contribution in [0.3, 0.4) is 0 Å². The van der Waals surface area contributed by atoms with Gasteiger partial charge in [0.15, 0.2) is 0 Å². The fraction of sp³-hybridized carbons (Fsp3) is 0.158. The number of hydrogen-bond acceptors (Lipinski definition) is 4. The molecule has 3 aromatic rings. The molecule has 1 N–H and O–H groups in total. The number of nitrogens with one attached hydrogen (secondary N) is 1. The minimum absolute atomic E-state index is 0.206. The molecule has 0 aliphatic rings. The summed E-state index contributed by atoms with van der Waals surface area (Å²) in [6.45, 7) is 1.91. The molecule has 130 valence electrons. The lowest BCUT2D eigenvalue weighted by atomic mass is 10.1. The minimum Gasteiger partial charge on any atom is -0.497 e. The zero-order valence-corrected chi connectivity index (χ0v) is 14.8. The van der Waals surface area contributed by atoms with Crippen LogP contribution in [0, 0.1) is 6.92 Å². The van der Waals surface area contributed by atoms with Gasteiger partial charge in [-0.2, -0.15) is 4.72 Å². The van der Waals surface area contributed by atoms with E-state index < -0.39 is 16.1 Å². The van der Waals surface area contributed by atoms with Crippen LogP contribution in [0.25, 0.3) is 0 Å². The van der Waals surface area contributed by atoms with Crippen LogP contribution >= 0.6 is 0 Å². The number of sulfonamides is 1. The normalized spacial score (nSPS) is 12.7. The molecule has 0 amide bonds. The number of rotatable bonds is 6. The smallest absolute Gasteiger partial charge is 0.241 e. The molecule has 25 heavy (non-hydrogen) atoms. The van der Waals surface area contributed by atoms with E-state index in [2.05, 4.69) is 4.72 Å². The van der Waals surface area contributed by atoms with E-state index in [0.29, 0.717) is 11.5 Å². The molecule has 6 heteroatoms. The van der Waals surface area contributed by atoms with E-state index >= 15 is 0 Å². The van der Waals surface area contributed by atoms with Gasteiger partial charge in [-0.1, -0.05) is 29.8 Å². The Bertz CT molecular complexity index is 932. The number of aryl methyl sites for hydroxylation is 1. The Morgan fingerprint density at radius 2 is 1.80 bits per heavy atom. The molecule has 1 atom stereocenters. The van der Waals surface area contributed by atoms with Gasteiger partial charge >= 0.3 is 0 Å². The van der Waals surface area contributed by atoms with Crippen molar-refractivity contribution in [3.8, 4) is 5.75 Å². The lowest BCUT2D eigenvalue weighted by Crippen LogP contribution is -2.29. The summed E-state index contributed by atoms with van der Waals surface area (Å²) in [5, 5.41) is 0. The van der Waals surface area contributed by atoms with Gasteiger partial charge in [0.2, 0.25) is 10.0 Å². The van der Waals surface area contributed by atoms with Crippen molar-refractivity contribution >= 4 is 10.0 Å². The monoisotopic (exact) mass is 357 g/mol. The van der Waals surface area contributed by atoms with Crippen molar-refractivity contribution in [2.45, 2.75) is 17.9 Å². The van der Waals surface area contributed by atoms with E-state index in [-0.39, 0.29) is 4.90 Å². The van der Waals surface area contributed by atoms with E-state index in [0.717, 1.165) is 11.1 Å². The second-order valence-corrected chi connectivity index (χ2v) is 7.37. The van der Waals surface area contributed by atoms with E-state index in [1.807, 2.05) is 19.1 Å². The third kappa shape index (κ3) is 3.92. The maximum absolute atomic E-state index is 12.8. The molecule has 1 aromatic heterocycles. The van der Waals surface area contributed by atoms with Crippen LogP contribution in [-0.2, 0) is 10.0 Å². The van der Waals surface area contributed by atoms with Gasteiger partial charge in [0.05, 0.1) is 18.3 Å². The lowest BCUT2D eigenvalue weighted by molar-refractivity contribution is 0.413. The molecule has 0 aliphatic carbocycles. The molecule has 1 heterocycles. The second kappa shape index (κ2) is 7.13. The van der Waals surface area contributed by atoms with Crippen molar-refractivity contribution in [2.75, 3.05) is 7.11 Å². The molecule has 0 spiro atoms. The Labute approximate surface area is 147 Å². The van der Waals surface area contributed by atoms with Crippen LogP contribution in [0.1, 0.15) is 22.9 Å². The molecule has 0 radical (unpaired) electrons. The maximum atomic E-state index is 12.8. The Morgan fingerprint density at radius 1 is 1.04 bits per heavy atom. The first-order valence-electron chi connectivity index (χ1n) is 7.76. The molecule has 5 nitrogen and oxygen atoms in total. The van der Waals surface area contributed by atoms with Gasteiger partial charge in [-0.3, -0.25) is 0 Å². The summed E-state index contributed by atoms with van der Waals surface area (Å²) in [6.07, 6.45) is 1.52. The molecule has 3 rings (SSSR count). The molecular weight excluding hydrogens is 338 g/mol. The highest BCUT2D eigenvalue weighted by atomic mass is 32.2. The molecule has 2 aromatic carbocycles. The summed E-state index contributed by atoms with van der Waals surface area (Å²) in [5.41, 5.74) is 1.72. The van der Waals surface area contributed by atoms with Crippen molar-refractivity contribution in [3.05, 3.63) is 83.8 Å². The summed E-state index contributed by atoms with van der Waals surface area (Å²) in [6, 6.07) is 16.7. The highest BCUT2D eigenvalue weighted by Crippen LogP contribution is 2.27. The number of methoxy groups -OCH3 is 1. The summed E-state index contributed by atoms with van der Waals surface area (Å²) in [7, 11) is -2.15. The van der Waals surface area contributed by atoms with Gasteiger partial charge in [0, 0.05) is 0 Å². The predicted octanol–water partition coefficient (Wildman–Crippen LogP) is 3.66.